The van der Waals surface area contributed by atoms with E-state index in [9.17, 15) is 0 Å². The van der Waals surface area contributed by atoms with Crippen LogP contribution in [0.3, 0.4) is 0 Å². The number of H-pyrrole nitrogens is 1. The van der Waals surface area contributed by atoms with E-state index in [-0.39, 0.29) is 0 Å². The molecule has 7 nitrogen and oxygen atoms in total. The Morgan fingerprint density at radius 1 is 1.44 bits per heavy atom. The van der Waals surface area contributed by atoms with E-state index < -0.39 is 0 Å². The van der Waals surface area contributed by atoms with Crippen molar-refractivity contribution in [3.05, 3.63) is 12.2 Å². The third-order valence-corrected chi connectivity index (χ3v) is 2.65. The molecule has 0 fully saturated rings. The number of aromatic nitrogens is 5. The Kier molecular flexibility index (Phi) is 2.91. The van der Waals surface area contributed by atoms with Crippen LogP contribution in [0.5, 0.6) is 5.88 Å². The SMILES string of the molecule is COc1ncnc(Sc2n[nH]c(C)n2)c1N. The second-order valence-electron chi connectivity index (χ2n) is 2.91. The number of methoxy groups -OCH3 is 1. The van der Waals surface area contributed by atoms with E-state index in [0.29, 0.717) is 21.7 Å². The van der Waals surface area contributed by atoms with Gasteiger partial charge in [0, 0.05) is 0 Å². The molecule has 0 bridgehead atoms. The van der Waals surface area contributed by atoms with Crippen molar-refractivity contribution in [2.24, 2.45) is 0 Å². The average molecular weight is 238 g/mol. The van der Waals surface area contributed by atoms with Crippen LogP contribution in [0.1, 0.15) is 5.82 Å². The Morgan fingerprint density at radius 2 is 2.25 bits per heavy atom. The van der Waals surface area contributed by atoms with Crippen molar-refractivity contribution >= 4 is 17.4 Å². The molecule has 2 aromatic rings. The lowest BCUT2D eigenvalue weighted by molar-refractivity contribution is 0.397. The smallest absolute Gasteiger partial charge is 0.241 e. The topological polar surface area (TPSA) is 103 Å². The summed E-state index contributed by atoms with van der Waals surface area (Å²) >= 11 is 1.25. The van der Waals surface area contributed by atoms with Gasteiger partial charge in [0.25, 0.3) is 0 Å². The predicted molar refractivity (Wildman–Crippen MR) is 58.2 cm³/mol. The maximum Gasteiger partial charge on any atom is 0.241 e. The molecule has 2 rings (SSSR count). The minimum atomic E-state index is 0.352. The quantitative estimate of drug-likeness (QED) is 0.756. The lowest BCUT2D eigenvalue weighted by Gasteiger charge is -2.04. The monoisotopic (exact) mass is 238 g/mol. The Morgan fingerprint density at radius 3 is 2.88 bits per heavy atom. The number of nitrogens with zero attached hydrogens (tertiary/aromatic N) is 4. The highest BCUT2D eigenvalue weighted by Crippen LogP contribution is 2.31. The number of hydrogen-bond acceptors (Lipinski definition) is 7. The first-order chi connectivity index (χ1) is 7.70. The number of nitrogens with two attached hydrogens (primary N) is 1. The van der Waals surface area contributed by atoms with Gasteiger partial charge in [0.15, 0.2) is 0 Å². The van der Waals surface area contributed by atoms with Crippen molar-refractivity contribution in [1.29, 1.82) is 0 Å². The Balaban J connectivity index is 2.28. The van der Waals surface area contributed by atoms with Gasteiger partial charge in [-0.1, -0.05) is 0 Å². The molecular formula is C8H10N6OS. The normalized spacial score (nSPS) is 10.4. The highest BCUT2D eigenvalue weighted by Gasteiger charge is 2.11. The molecule has 3 N–H and O–H groups in total. The second kappa shape index (κ2) is 4.35. The number of nitrogens with one attached hydrogen (secondary N) is 1. The van der Waals surface area contributed by atoms with Crippen LogP contribution < -0.4 is 10.5 Å². The molecule has 0 radical (unpaired) electrons. The number of aryl methyl sites for hydroxylation is 1. The predicted octanol–water partition coefficient (Wildman–Crippen LogP) is 0.645. The molecule has 8 heteroatoms. The summed E-state index contributed by atoms with van der Waals surface area (Å²) in [5.74, 6) is 1.09. The number of aromatic amines is 1. The molecule has 0 aromatic carbocycles. The van der Waals surface area contributed by atoms with Gasteiger partial charge in [-0.2, -0.15) is 4.98 Å². The van der Waals surface area contributed by atoms with Crippen molar-refractivity contribution in [3.8, 4) is 5.88 Å². The third-order valence-electron chi connectivity index (χ3n) is 1.77. The molecule has 0 aliphatic carbocycles. The summed E-state index contributed by atoms with van der Waals surface area (Å²) in [5.41, 5.74) is 6.20. The van der Waals surface area contributed by atoms with Gasteiger partial charge >= 0.3 is 0 Å². The van der Waals surface area contributed by atoms with Crippen molar-refractivity contribution in [2.45, 2.75) is 17.1 Å². The summed E-state index contributed by atoms with van der Waals surface area (Å²) in [6.45, 7) is 1.82. The molecule has 0 saturated heterocycles. The Bertz CT molecular complexity index is 499. The summed E-state index contributed by atoms with van der Waals surface area (Å²) in [6, 6.07) is 0. The van der Waals surface area contributed by atoms with Crippen LogP contribution in [0.15, 0.2) is 16.5 Å². The average Bonchev–Trinajstić information content (AvgIpc) is 2.67. The van der Waals surface area contributed by atoms with Crippen LogP contribution in [0.25, 0.3) is 0 Å². The maximum atomic E-state index is 5.81. The first kappa shape index (κ1) is 10.7. The third kappa shape index (κ3) is 2.06. The molecule has 0 amide bonds. The minimum absolute atomic E-state index is 0.352. The fourth-order valence-corrected chi connectivity index (χ4v) is 1.81. The number of hydrogen-bond donors (Lipinski definition) is 2. The van der Waals surface area contributed by atoms with Gasteiger partial charge in [-0.25, -0.2) is 9.97 Å². The fraction of sp³-hybridized carbons (Fsp3) is 0.250. The van der Waals surface area contributed by atoms with E-state index in [4.69, 9.17) is 10.5 Å². The second-order valence-corrected chi connectivity index (χ2v) is 3.86. The van der Waals surface area contributed by atoms with Gasteiger partial charge < -0.3 is 10.5 Å². The summed E-state index contributed by atoms with van der Waals surface area (Å²) in [6.07, 6.45) is 1.39. The van der Waals surface area contributed by atoms with E-state index in [2.05, 4.69) is 25.1 Å². The lowest BCUT2D eigenvalue weighted by atomic mass is 10.5. The van der Waals surface area contributed by atoms with Crippen molar-refractivity contribution in [2.75, 3.05) is 12.8 Å². The summed E-state index contributed by atoms with van der Waals surface area (Å²) in [5, 5.41) is 7.85. The molecule has 0 aliphatic heterocycles. The van der Waals surface area contributed by atoms with Crippen molar-refractivity contribution in [3.63, 3.8) is 0 Å². The zero-order chi connectivity index (χ0) is 11.5. The largest absolute Gasteiger partial charge is 0.479 e. The zero-order valence-corrected chi connectivity index (χ0v) is 9.58. The van der Waals surface area contributed by atoms with Crippen molar-refractivity contribution < 1.29 is 4.74 Å². The van der Waals surface area contributed by atoms with Crippen LogP contribution in [0.2, 0.25) is 0 Å². The van der Waals surface area contributed by atoms with Crippen LogP contribution in [0, 0.1) is 6.92 Å². The lowest BCUT2D eigenvalue weighted by Crippen LogP contribution is -1.99. The van der Waals surface area contributed by atoms with Crippen LogP contribution in [0.4, 0.5) is 5.69 Å². The fourth-order valence-electron chi connectivity index (χ4n) is 1.06. The van der Waals surface area contributed by atoms with Gasteiger partial charge in [0.1, 0.15) is 22.9 Å². The summed E-state index contributed by atoms with van der Waals surface area (Å²) in [7, 11) is 1.50. The summed E-state index contributed by atoms with van der Waals surface area (Å²) < 4.78 is 4.99. The first-order valence-corrected chi connectivity index (χ1v) is 5.23. The number of rotatable bonds is 3. The first-order valence-electron chi connectivity index (χ1n) is 4.42. The number of ether oxygens (including phenoxy) is 1. The van der Waals surface area contributed by atoms with Gasteiger partial charge in [0.2, 0.25) is 11.0 Å². The van der Waals surface area contributed by atoms with Crippen molar-refractivity contribution in [1.82, 2.24) is 25.1 Å². The molecule has 2 aromatic heterocycles. The van der Waals surface area contributed by atoms with Crippen LogP contribution in [-0.4, -0.2) is 32.3 Å². The number of nitrogen functional groups attached to an aromatic ring is 1. The van der Waals surface area contributed by atoms with Gasteiger partial charge in [0.05, 0.1) is 7.11 Å². The van der Waals surface area contributed by atoms with E-state index in [1.807, 2.05) is 6.92 Å². The molecular weight excluding hydrogens is 228 g/mol. The molecule has 0 saturated carbocycles. The molecule has 2 heterocycles. The molecule has 84 valence electrons. The van der Waals surface area contributed by atoms with E-state index in [0.717, 1.165) is 5.82 Å². The minimum Gasteiger partial charge on any atom is -0.479 e. The summed E-state index contributed by atoms with van der Waals surface area (Å²) in [4.78, 5) is 12.1. The van der Waals surface area contributed by atoms with E-state index >= 15 is 0 Å². The standard InChI is InChI=1S/C8H10N6OS/c1-4-12-8(14-13-4)16-7-5(9)6(15-2)10-3-11-7/h3H,9H2,1-2H3,(H,12,13,14). The molecule has 0 spiro atoms. The highest BCUT2D eigenvalue weighted by molar-refractivity contribution is 7.99. The van der Waals surface area contributed by atoms with E-state index in [1.54, 1.807) is 0 Å². The molecule has 0 atom stereocenters. The van der Waals surface area contributed by atoms with Crippen LogP contribution in [-0.2, 0) is 0 Å². The van der Waals surface area contributed by atoms with Gasteiger partial charge in [-0.15, -0.1) is 5.10 Å². The molecule has 16 heavy (non-hydrogen) atoms. The van der Waals surface area contributed by atoms with Gasteiger partial charge in [-0.3, -0.25) is 5.10 Å². The number of anilines is 1. The molecule has 0 unspecified atom stereocenters. The van der Waals surface area contributed by atoms with E-state index in [1.165, 1.54) is 25.2 Å². The molecule has 0 aliphatic rings. The maximum absolute atomic E-state index is 5.81. The van der Waals surface area contributed by atoms with Crippen LogP contribution >= 0.6 is 11.8 Å². The Hall–Kier alpha value is -1.83. The Labute approximate surface area is 95.9 Å². The van der Waals surface area contributed by atoms with Gasteiger partial charge in [-0.05, 0) is 18.7 Å². The highest BCUT2D eigenvalue weighted by atomic mass is 32.2. The zero-order valence-electron chi connectivity index (χ0n) is 8.76.